The molecule has 4 rings (SSSR count). The van der Waals surface area contributed by atoms with Crippen molar-refractivity contribution in [3.63, 3.8) is 0 Å². The maximum absolute atomic E-state index is 12.5. The van der Waals surface area contributed by atoms with E-state index in [0.717, 1.165) is 57.0 Å². The largest absolute Gasteiger partial charge is 0.347 e. The van der Waals surface area contributed by atoms with Crippen molar-refractivity contribution < 1.29 is 4.79 Å². The molecule has 0 atom stereocenters. The molecule has 0 N–H and O–H groups in total. The average molecular weight is 347 g/mol. The van der Waals surface area contributed by atoms with Crippen molar-refractivity contribution in [2.75, 3.05) is 31.1 Å². The molecule has 2 fully saturated rings. The first kappa shape index (κ1) is 15.6. The maximum atomic E-state index is 12.5. The molecule has 0 bridgehead atoms. The predicted octanol–water partition coefficient (Wildman–Crippen LogP) is 1.30. The topological polar surface area (TPSA) is 70.8 Å². The van der Waals surface area contributed by atoms with Gasteiger partial charge in [0.05, 0.1) is 0 Å². The lowest BCUT2D eigenvalue weighted by Crippen LogP contribution is -2.41. The highest BCUT2D eigenvalue weighted by Gasteiger charge is 2.30. The molecule has 0 radical (unpaired) electrons. The molecule has 2 saturated heterocycles. The van der Waals surface area contributed by atoms with E-state index in [4.69, 9.17) is 0 Å². The van der Waals surface area contributed by atoms with Crippen LogP contribution in [0.4, 0.5) is 5.13 Å². The van der Waals surface area contributed by atoms with Gasteiger partial charge in [0.1, 0.15) is 0 Å². The number of carbonyl (C=O) groups is 1. The molecule has 0 aliphatic carbocycles. The fraction of sp³-hybridized carbons (Fsp3) is 0.625. The number of aryl methyl sites for hydroxylation is 1. The molecule has 2 aromatic heterocycles. The lowest BCUT2D eigenvalue weighted by molar-refractivity contribution is -0.135. The van der Waals surface area contributed by atoms with Crippen molar-refractivity contribution in [2.45, 2.75) is 32.6 Å². The normalized spacial score (nSPS) is 19.4. The fourth-order valence-corrected chi connectivity index (χ4v) is 4.56. The summed E-state index contributed by atoms with van der Waals surface area (Å²) in [7, 11) is 0. The number of aromatic nitrogens is 3. The zero-order valence-corrected chi connectivity index (χ0v) is 14.6. The van der Waals surface area contributed by atoms with Crippen LogP contribution >= 0.6 is 11.3 Å². The standard InChI is InChI=1S/C16H21N5O2S/c1-11-10-13(22)21-15(17-11)24-16(18-21)20-8-4-12(5-9-20)14(23)19-6-2-3-7-19/h10,12H,2-9H2,1H3. The van der Waals surface area contributed by atoms with Crippen LogP contribution in [0.25, 0.3) is 4.96 Å². The number of nitrogens with zero attached hydrogens (tertiary/aromatic N) is 5. The molecular weight excluding hydrogens is 326 g/mol. The van der Waals surface area contributed by atoms with Gasteiger partial charge in [0, 0.05) is 43.9 Å². The Labute approximate surface area is 143 Å². The first-order valence-corrected chi connectivity index (χ1v) is 9.35. The van der Waals surface area contributed by atoms with Crippen LogP contribution in [-0.2, 0) is 4.79 Å². The van der Waals surface area contributed by atoms with Crippen molar-refractivity contribution >= 4 is 27.3 Å². The minimum atomic E-state index is -0.140. The molecule has 128 valence electrons. The Morgan fingerprint density at radius 3 is 2.62 bits per heavy atom. The van der Waals surface area contributed by atoms with Gasteiger partial charge in [0.25, 0.3) is 5.56 Å². The Balaban J connectivity index is 1.47. The van der Waals surface area contributed by atoms with E-state index >= 15 is 0 Å². The molecule has 7 nitrogen and oxygen atoms in total. The predicted molar refractivity (Wildman–Crippen MR) is 92.6 cm³/mol. The van der Waals surface area contributed by atoms with Crippen LogP contribution in [0, 0.1) is 12.8 Å². The molecule has 2 aliphatic heterocycles. The van der Waals surface area contributed by atoms with Crippen molar-refractivity contribution in [2.24, 2.45) is 5.92 Å². The molecule has 4 heterocycles. The highest BCUT2D eigenvalue weighted by molar-refractivity contribution is 7.20. The number of hydrogen-bond donors (Lipinski definition) is 0. The van der Waals surface area contributed by atoms with E-state index in [1.54, 1.807) is 0 Å². The summed E-state index contributed by atoms with van der Waals surface area (Å²) in [4.78, 5) is 33.7. The van der Waals surface area contributed by atoms with Crippen LogP contribution in [-0.4, -0.2) is 51.6 Å². The van der Waals surface area contributed by atoms with E-state index in [0.29, 0.717) is 16.6 Å². The summed E-state index contributed by atoms with van der Waals surface area (Å²) < 4.78 is 1.37. The van der Waals surface area contributed by atoms with Crippen molar-refractivity contribution in [1.82, 2.24) is 19.5 Å². The number of rotatable bonds is 2. The van der Waals surface area contributed by atoms with E-state index in [9.17, 15) is 9.59 Å². The maximum Gasteiger partial charge on any atom is 0.275 e. The summed E-state index contributed by atoms with van der Waals surface area (Å²) in [5, 5.41) is 5.23. The number of likely N-dealkylation sites (tertiary alicyclic amines) is 1. The van der Waals surface area contributed by atoms with Gasteiger partial charge in [-0.25, -0.2) is 4.98 Å². The van der Waals surface area contributed by atoms with Crippen molar-refractivity contribution in [3.8, 4) is 0 Å². The van der Waals surface area contributed by atoms with Crippen LogP contribution < -0.4 is 10.5 Å². The molecule has 0 saturated carbocycles. The Kier molecular flexibility index (Phi) is 3.99. The Hall–Kier alpha value is -1.96. The second kappa shape index (κ2) is 6.16. The zero-order chi connectivity index (χ0) is 16.7. The van der Waals surface area contributed by atoms with Gasteiger partial charge in [0.15, 0.2) is 0 Å². The van der Waals surface area contributed by atoms with E-state index < -0.39 is 0 Å². The third-order valence-corrected chi connectivity index (χ3v) is 5.86. The van der Waals surface area contributed by atoms with Gasteiger partial charge in [0.2, 0.25) is 16.0 Å². The van der Waals surface area contributed by atoms with Gasteiger partial charge in [-0.1, -0.05) is 11.3 Å². The number of anilines is 1. The SMILES string of the molecule is Cc1cc(=O)n2nc(N3CCC(C(=O)N4CCCC4)CC3)sc2n1. The first-order chi connectivity index (χ1) is 11.6. The molecule has 24 heavy (non-hydrogen) atoms. The Bertz CT molecular complexity index is 815. The highest BCUT2D eigenvalue weighted by atomic mass is 32.1. The summed E-state index contributed by atoms with van der Waals surface area (Å²) in [6, 6.07) is 1.50. The summed E-state index contributed by atoms with van der Waals surface area (Å²) >= 11 is 1.44. The molecule has 0 unspecified atom stereocenters. The number of piperidine rings is 1. The Morgan fingerprint density at radius 1 is 1.21 bits per heavy atom. The van der Waals surface area contributed by atoms with Crippen LogP contribution in [0.2, 0.25) is 0 Å². The van der Waals surface area contributed by atoms with Gasteiger partial charge >= 0.3 is 0 Å². The molecule has 0 aromatic carbocycles. The summed E-state index contributed by atoms with van der Waals surface area (Å²) in [5.74, 6) is 0.460. The van der Waals surface area contributed by atoms with E-state index in [1.165, 1.54) is 21.9 Å². The van der Waals surface area contributed by atoms with Crippen LogP contribution in [0.5, 0.6) is 0 Å². The third kappa shape index (κ3) is 2.79. The number of amides is 1. The molecular formula is C16H21N5O2S. The molecule has 1 amide bonds. The lowest BCUT2D eigenvalue weighted by Gasteiger charge is -2.32. The second-order valence-corrected chi connectivity index (χ2v) is 7.54. The van der Waals surface area contributed by atoms with Crippen LogP contribution in [0.1, 0.15) is 31.4 Å². The van der Waals surface area contributed by atoms with Gasteiger partial charge in [-0.05, 0) is 32.6 Å². The third-order valence-electron chi connectivity index (χ3n) is 4.89. The van der Waals surface area contributed by atoms with Crippen LogP contribution in [0.15, 0.2) is 10.9 Å². The highest BCUT2D eigenvalue weighted by Crippen LogP contribution is 2.28. The van der Waals surface area contributed by atoms with E-state index in [-0.39, 0.29) is 11.5 Å². The fourth-order valence-electron chi connectivity index (χ4n) is 3.55. The van der Waals surface area contributed by atoms with Crippen LogP contribution in [0.3, 0.4) is 0 Å². The molecule has 2 aliphatic rings. The second-order valence-electron chi connectivity index (χ2n) is 6.61. The zero-order valence-electron chi connectivity index (χ0n) is 13.8. The monoisotopic (exact) mass is 347 g/mol. The van der Waals surface area contributed by atoms with Gasteiger partial charge in [-0.3, -0.25) is 9.59 Å². The smallest absolute Gasteiger partial charge is 0.275 e. The van der Waals surface area contributed by atoms with E-state index in [2.05, 4.69) is 15.0 Å². The summed E-state index contributed by atoms with van der Waals surface area (Å²) in [6.07, 6.45) is 3.98. The summed E-state index contributed by atoms with van der Waals surface area (Å²) in [5.41, 5.74) is 0.573. The first-order valence-electron chi connectivity index (χ1n) is 8.53. The Morgan fingerprint density at radius 2 is 1.92 bits per heavy atom. The number of hydrogen-bond acceptors (Lipinski definition) is 6. The van der Waals surface area contributed by atoms with Gasteiger partial charge in [-0.2, -0.15) is 4.52 Å². The van der Waals surface area contributed by atoms with Gasteiger partial charge in [-0.15, -0.1) is 5.10 Å². The number of fused-ring (bicyclic) bond motifs is 1. The average Bonchev–Trinajstić information content (AvgIpc) is 3.24. The molecule has 0 spiro atoms. The molecule has 8 heteroatoms. The number of carbonyl (C=O) groups excluding carboxylic acids is 1. The minimum absolute atomic E-state index is 0.136. The quantitative estimate of drug-likeness (QED) is 0.819. The van der Waals surface area contributed by atoms with Crippen molar-refractivity contribution in [3.05, 3.63) is 22.1 Å². The van der Waals surface area contributed by atoms with E-state index in [1.807, 2.05) is 11.8 Å². The van der Waals surface area contributed by atoms with Crippen molar-refractivity contribution in [1.29, 1.82) is 0 Å². The minimum Gasteiger partial charge on any atom is -0.347 e. The lowest BCUT2D eigenvalue weighted by atomic mass is 9.95. The van der Waals surface area contributed by atoms with Gasteiger partial charge < -0.3 is 9.80 Å². The molecule has 2 aromatic rings. The summed E-state index contributed by atoms with van der Waals surface area (Å²) in [6.45, 7) is 5.27.